The van der Waals surface area contributed by atoms with E-state index in [4.69, 9.17) is 0 Å². The quantitative estimate of drug-likeness (QED) is 0.431. The normalized spacial score (nSPS) is 15.1. The van der Waals surface area contributed by atoms with Crippen LogP contribution in [0.1, 0.15) is 0 Å². The molecular formula is C8H9IN2O3. The molecule has 5 nitrogen and oxygen atoms in total. The lowest BCUT2D eigenvalue weighted by Crippen LogP contribution is -2.40. The molecule has 14 heavy (non-hydrogen) atoms. The van der Waals surface area contributed by atoms with E-state index in [1.165, 1.54) is 0 Å². The zero-order chi connectivity index (χ0) is 10.6. The fraction of sp³-hybridized carbons (Fsp3) is 0.375. The van der Waals surface area contributed by atoms with Crippen LogP contribution >= 0.6 is 22.6 Å². The van der Waals surface area contributed by atoms with Crippen molar-refractivity contribution in [2.24, 2.45) is 0 Å². The summed E-state index contributed by atoms with van der Waals surface area (Å²) in [6, 6.07) is 0. The van der Waals surface area contributed by atoms with Gasteiger partial charge in [-0.25, -0.2) is 0 Å². The molecule has 0 aliphatic carbocycles. The first-order chi connectivity index (χ1) is 6.65. The third kappa shape index (κ3) is 2.79. The van der Waals surface area contributed by atoms with Crippen LogP contribution in [-0.2, 0) is 14.4 Å². The molecule has 3 amide bonds. The van der Waals surface area contributed by atoms with Crippen LogP contribution in [0.2, 0.25) is 0 Å². The highest BCUT2D eigenvalue weighted by Gasteiger charge is 2.25. The number of rotatable bonds is 4. The number of hydrogen-bond donors (Lipinski definition) is 1. The Kier molecular flexibility index (Phi) is 4.05. The Hall–Kier alpha value is -0.920. The predicted molar refractivity (Wildman–Crippen MR) is 57.8 cm³/mol. The maximum atomic E-state index is 11.2. The Morgan fingerprint density at radius 3 is 2.43 bits per heavy atom. The van der Waals surface area contributed by atoms with Crippen molar-refractivity contribution in [1.29, 1.82) is 0 Å². The first-order valence-electron chi connectivity index (χ1n) is 4.01. The lowest BCUT2D eigenvalue weighted by atomic mass is 10.5. The molecular weight excluding hydrogens is 299 g/mol. The average Bonchev–Trinajstić information content (AvgIpc) is 2.46. The molecule has 0 atom stereocenters. The van der Waals surface area contributed by atoms with E-state index in [2.05, 4.69) is 27.9 Å². The molecule has 0 bridgehead atoms. The molecule has 0 unspecified atom stereocenters. The van der Waals surface area contributed by atoms with Gasteiger partial charge in [0.15, 0.2) is 0 Å². The highest BCUT2D eigenvalue weighted by Crippen LogP contribution is 2.01. The SMILES string of the molecule is O=C(CN1C(=O)C=CC1=O)NCCI. The number of alkyl halides is 1. The molecule has 1 N–H and O–H groups in total. The van der Waals surface area contributed by atoms with Crippen molar-refractivity contribution in [3.05, 3.63) is 12.2 Å². The van der Waals surface area contributed by atoms with Crippen molar-refractivity contribution in [2.75, 3.05) is 17.5 Å². The summed E-state index contributed by atoms with van der Waals surface area (Å²) in [5.41, 5.74) is 0. The van der Waals surface area contributed by atoms with Crippen LogP contribution in [0.15, 0.2) is 12.2 Å². The van der Waals surface area contributed by atoms with Crippen molar-refractivity contribution in [2.45, 2.75) is 0 Å². The predicted octanol–water partition coefficient (Wildman–Crippen LogP) is -0.537. The molecule has 0 aromatic carbocycles. The number of imide groups is 1. The summed E-state index contributed by atoms with van der Waals surface area (Å²) >= 11 is 2.12. The second kappa shape index (κ2) is 5.08. The van der Waals surface area contributed by atoms with Gasteiger partial charge in [0.2, 0.25) is 5.91 Å². The Labute approximate surface area is 94.7 Å². The maximum Gasteiger partial charge on any atom is 0.254 e. The highest BCUT2D eigenvalue weighted by atomic mass is 127. The van der Waals surface area contributed by atoms with Crippen molar-refractivity contribution < 1.29 is 14.4 Å². The maximum absolute atomic E-state index is 11.2. The summed E-state index contributed by atoms with van der Waals surface area (Å²) < 4.78 is 0.795. The summed E-state index contributed by atoms with van der Waals surface area (Å²) in [6.45, 7) is 0.352. The fourth-order valence-corrected chi connectivity index (χ4v) is 1.24. The second-order valence-electron chi connectivity index (χ2n) is 2.63. The van der Waals surface area contributed by atoms with Crippen LogP contribution in [0.25, 0.3) is 0 Å². The van der Waals surface area contributed by atoms with Gasteiger partial charge in [-0.05, 0) is 0 Å². The molecule has 0 spiro atoms. The van der Waals surface area contributed by atoms with Gasteiger partial charge in [-0.2, -0.15) is 0 Å². The number of nitrogens with zero attached hydrogens (tertiary/aromatic N) is 1. The molecule has 76 valence electrons. The van der Waals surface area contributed by atoms with Gasteiger partial charge in [-0.1, -0.05) is 22.6 Å². The Morgan fingerprint density at radius 2 is 1.93 bits per heavy atom. The topological polar surface area (TPSA) is 66.5 Å². The van der Waals surface area contributed by atoms with Gasteiger partial charge in [-0.3, -0.25) is 19.3 Å². The van der Waals surface area contributed by atoms with E-state index in [9.17, 15) is 14.4 Å². The molecule has 0 aromatic heterocycles. The minimum atomic E-state index is -0.431. The van der Waals surface area contributed by atoms with Gasteiger partial charge in [-0.15, -0.1) is 0 Å². The van der Waals surface area contributed by atoms with Crippen molar-refractivity contribution >= 4 is 40.3 Å². The van der Waals surface area contributed by atoms with Gasteiger partial charge in [0.05, 0.1) is 0 Å². The van der Waals surface area contributed by atoms with Gasteiger partial charge in [0.1, 0.15) is 6.54 Å². The van der Waals surface area contributed by atoms with Gasteiger partial charge >= 0.3 is 0 Å². The van der Waals surface area contributed by atoms with Gasteiger partial charge in [0.25, 0.3) is 11.8 Å². The van der Waals surface area contributed by atoms with E-state index in [0.29, 0.717) is 6.54 Å². The molecule has 1 heterocycles. The molecule has 0 aromatic rings. The van der Waals surface area contributed by atoms with Crippen LogP contribution in [0, 0.1) is 0 Å². The zero-order valence-corrected chi connectivity index (χ0v) is 9.48. The zero-order valence-electron chi connectivity index (χ0n) is 7.33. The summed E-state index contributed by atoms with van der Waals surface area (Å²) in [5.74, 6) is -1.17. The minimum Gasteiger partial charge on any atom is -0.354 e. The smallest absolute Gasteiger partial charge is 0.254 e. The minimum absolute atomic E-state index is 0.193. The average molecular weight is 308 g/mol. The molecule has 1 aliphatic heterocycles. The molecule has 0 radical (unpaired) electrons. The number of nitrogens with one attached hydrogen (secondary N) is 1. The van der Waals surface area contributed by atoms with E-state index in [0.717, 1.165) is 21.5 Å². The fourth-order valence-electron chi connectivity index (χ4n) is 0.973. The van der Waals surface area contributed by atoms with Gasteiger partial charge < -0.3 is 5.32 Å². The molecule has 0 saturated heterocycles. The van der Waals surface area contributed by atoms with Crippen molar-refractivity contribution in [3.8, 4) is 0 Å². The Bertz CT molecular complexity index is 283. The van der Waals surface area contributed by atoms with E-state index >= 15 is 0 Å². The number of amides is 3. The van der Waals surface area contributed by atoms with Crippen LogP contribution in [0.5, 0.6) is 0 Å². The van der Waals surface area contributed by atoms with Crippen LogP contribution < -0.4 is 5.32 Å². The second-order valence-corrected chi connectivity index (χ2v) is 3.71. The van der Waals surface area contributed by atoms with E-state index < -0.39 is 11.8 Å². The van der Waals surface area contributed by atoms with Gasteiger partial charge in [0, 0.05) is 23.1 Å². The molecule has 6 heteroatoms. The first-order valence-corrected chi connectivity index (χ1v) is 5.54. The number of carbonyl (C=O) groups excluding carboxylic acids is 3. The largest absolute Gasteiger partial charge is 0.354 e. The van der Waals surface area contributed by atoms with Crippen LogP contribution in [0.4, 0.5) is 0 Å². The van der Waals surface area contributed by atoms with Crippen molar-refractivity contribution in [1.82, 2.24) is 10.2 Å². The van der Waals surface area contributed by atoms with E-state index in [1.807, 2.05) is 0 Å². The Balaban J connectivity index is 2.41. The molecule has 0 fully saturated rings. The van der Waals surface area contributed by atoms with Crippen LogP contribution in [-0.4, -0.2) is 40.1 Å². The monoisotopic (exact) mass is 308 g/mol. The Morgan fingerprint density at radius 1 is 1.36 bits per heavy atom. The third-order valence-electron chi connectivity index (χ3n) is 1.62. The number of carbonyl (C=O) groups is 3. The van der Waals surface area contributed by atoms with E-state index in [1.54, 1.807) is 0 Å². The number of halogens is 1. The summed E-state index contributed by atoms with van der Waals surface area (Å²) in [7, 11) is 0. The summed E-state index contributed by atoms with van der Waals surface area (Å²) in [5, 5.41) is 2.58. The highest BCUT2D eigenvalue weighted by molar-refractivity contribution is 14.1. The van der Waals surface area contributed by atoms with E-state index in [-0.39, 0.29) is 12.5 Å². The third-order valence-corrected chi connectivity index (χ3v) is 2.16. The summed E-state index contributed by atoms with van der Waals surface area (Å²) in [4.78, 5) is 34.1. The van der Waals surface area contributed by atoms with Crippen LogP contribution in [0.3, 0.4) is 0 Å². The number of hydrogen-bond acceptors (Lipinski definition) is 3. The first kappa shape index (κ1) is 11.2. The lowest BCUT2D eigenvalue weighted by molar-refractivity contribution is -0.141. The molecule has 1 rings (SSSR count). The molecule has 1 aliphatic rings. The lowest BCUT2D eigenvalue weighted by Gasteiger charge is -2.12. The standard InChI is InChI=1S/C8H9IN2O3/c9-3-4-10-6(12)5-11-7(13)1-2-8(11)14/h1-2H,3-5H2,(H,10,12). The van der Waals surface area contributed by atoms with Crippen molar-refractivity contribution in [3.63, 3.8) is 0 Å². The summed E-state index contributed by atoms with van der Waals surface area (Å²) in [6.07, 6.45) is 2.32. The molecule has 0 saturated carbocycles.